The number of allylic oxidation sites excluding steroid dienone is 4. The third-order valence-electron chi connectivity index (χ3n) is 8.63. The molecular weight excluding hydrogens is 555 g/mol. The molecule has 3 aromatic heterocycles. The lowest BCUT2D eigenvalue weighted by molar-refractivity contribution is 1.03. The number of hydrogen-bond acceptors (Lipinski definition) is 3. The highest BCUT2D eigenvalue weighted by Crippen LogP contribution is 2.43. The first-order chi connectivity index (χ1) is 21.8. The fraction of sp³-hybridized carbons (Fsp3) is 0.0500. The maximum atomic E-state index is 5.29. The Kier molecular flexibility index (Phi) is 5.81. The molecule has 0 radical (unpaired) electrons. The summed E-state index contributed by atoms with van der Waals surface area (Å²) in [6.07, 6.45) is 8.83. The second-order valence-electron chi connectivity index (χ2n) is 11.3. The van der Waals surface area contributed by atoms with E-state index in [1.54, 1.807) is 0 Å². The average molecular weight is 582 g/mol. The highest BCUT2D eigenvalue weighted by atomic mass is 32.1. The Morgan fingerprint density at radius 1 is 0.591 bits per heavy atom. The van der Waals surface area contributed by atoms with E-state index in [1.165, 1.54) is 42.0 Å². The van der Waals surface area contributed by atoms with Crippen LogP contribution in [0.3, 0.4) is 0 Å². The molecule has 8 aromatic rings. The standard InChI is InChI=1S/C40H27N3S/c1-3-13-26(14-4-1)34-25-35(27-15-5-2-6-16-27)42-40(41-34)33-24-28(23-32-31-19-9-12-22-38(31)44-39(32)33)43-36-20-10-7-17-29(36)30-18-8-11-21-37(30)43/h1,3-5,7-25H,2,6H2. The Balaban J connectivity index is 1.38. The Hall–Kier alpha value is -5.32. The van der Waals surface area contributed by atoms with Crippen LogP contribution in [0.5, 0.6) is 0 Å². The van der Waals surface area contributed by atoms with Gasteiger partial charge in [-0.25, -0.2) is 9.97 Å². The van der Waals surface area contributed by atoms with Crippen molar-refractivity contribution < 1.29 is 0 Å². The highest BCUT2D eigenvalue weighted by Gasteiger charge is 2.20. The molecule has 1 aliphatic rings. The minimum Gasteiger partial charge on any atom is -0.309 e. The van der Waals surface area contributed by atoms with Crippen molar-refractivity contribution in [3.05, 3.63) is 145 Å². The molecule has 0 unspecified atom stereocenters. The fourth-order valence-corrected chi connectivity index (χ4v) is 7.78. The van der Waals surface area contributed by atoms with Crippen LogP contribution in [0.4, 0.5) is 0 Å². The zero-order chi connectivity index (χ0) is 29.0. The lowest BCUT2D eigenvalue weighted by Gasteiger charge is -2.14. The smallest absolute Gasteiger partial charge is 0.161 e. The number of hydrogen-bond donors (Lipinski definition) is 0. The predicted octanol–water partition coefficient (Wildman–Crippen LogP) is 11.0. The van der Waals surface area contributed by atoms with Crippen LogP contribution < -0.4 is 0 Å². The van der Waals surface area contributed by atoms with Gasteiger partial charge in [0.05, 0.1) is 22.4 Å². The molecule has 0 fully saturated rings. The molecule has 0 atom stereocenters. The maximum absolute atomic E-state index is 5.29. The van der Waals surface area contributed by atoms with Crippen molar-refractivity contribution in [1.82, 2.24) is 14.5 Å². The molecule has 208 valence electrons. The molecule has 9 rings (SSSR count). The van der Waals surface area contributed by atoms with Gasteiger partial charge in [0.2, 0.25) is 0 Å². The normalized spacial score (nSPS) is 13.3. The first-order valence-corrected chi connectivity index (χ1v) is 15.9. The minimum atomic E-state index is 0.750. The van der Waals surface area contributed by atoms with Crippen molar-refractivity contribution in [2.75, 3.05) is 0 Å². The average Bonchev–Trinajstić information content (AvgIpc) is 3.64. The summed E-state index contributed by atoms with van der Waals surface area (Å²) in [6, 6.07) is 43.3. The van der Waals surface area contributed by atoms with E-state index >= 15 is 0 Å². The topological polar surface area (TPSA) is 30.7 Å². The van der Waals surface area contributed by atoms with Crippen molar-refractivity contribution >= 4 is 58.9 Å². The lowest BCUT2D eigenvalue weighted by Crippen LogP contribution is -2.00. The number of fused-ring (bicyclic) bond motifs is 6. The summed E-state index contributed by atoms with van der Waals surface area (Å²) >= 11 is 1.82. The summed E-state index contributed by atoms with van der Waals surface area (Å²) in [5.74, 6) is 0.750. The molecule has 3 nitrogen and oxygen atoms in total. The Labute approximate surface area is 259 Å². The summed E-state index contributed by atoms with van der Waals surface area (Å²) in [6.45, 7) is 0. The first kappa shape index (κ1) is 25.2. The molecule has 0 amide bonds. The molecule has 0 bridgehead atoms. The number of nitrogens with zero attached hydrogens (tertiary/aromatic N) is 3. The SMILES string of the molecule is C1=CC(c2cc(-c3ccccc3)nc(-c3cc(-n4c5ccccc5c5ccccc54)cc4c3sc3ccccc34)n2)=CCC1. The summed E-state index contributed by atoms with van der Waals surface area (Å²) in [4.78, 5) is 10.6. The second-order valence-corrected chi connectivity index (χ2v) is 12.4. The zero-order valence-electron chi connectivity index (χ0n) is 23.9. The van der Waals surface area contributed by atoms with Gasteiger partial charge in [-0.1, -0.05) is 103 Å². The van der Waals surface area contributed by atoms with Gasteiger partial charge >= 0.3 is 0 Å². The number of rotatable bonds is 4. The Morgan fingerprint density at radius 3 is 2.02 bits per heavy atom. The molecule has 1 aliphatic carbocycles. The van der Waals surface area contributed by atoms with Crippen molar-refractivity contribution in [2.24, 2.45) is 0 Å². The van der Waals surface area contributed by atoms with Crippen molar-refractivity contribution in [3.8, 4) is 28.3 Å². The quantitative estimate of drug-likeness (QED) is 0.207. The van der Waals surface area contributed by atoms with E-state index in [0.717, 1.165) is 52.4 Å². The summed E-state index contributed by atoms with van der Waals surface area (Å²) in [5.41, 5.74) is 8.68. The third kappa shape index (κ3) is 4.03. The van der Waals surface area contributed by atoms with Gasteiger partial charge in [-0.2, -0.15) is 0 Å². The fourth-order valence-electron chi connectivity index (χ4n) is 6.58. The predicted molar refractivity (Wildman–Crippen MR) is 186 cm³/mol. The van der Waals surface area contributed by atoms with Crippen LogP contribution in [0.25, 0.3) is 75.9 Å². The molecule has 0 spiro atoms. The summed E-state index contributed by atoms with van der Waals surface area (Å²) < 4.78 is 4.87. The van der Waals surface area contributed by atoms with Gasteiger partial charge in [-0.3, -0.25) is 0 Å². The van der Waals surface area contributed by atoms with E-state index in [2.05, 4.69) is 144 Å². The highest BCUT2D eigenvalue weighted by molar-refractivity contribution is 7.26. The summed E-state index contributed by atoms with van der Waals surface area (Å²) in [7, 11) is 0. The van der Waals surface area contributed by atoms with Crippen molar-refractivity contribution in [3.63, 3.8) is 0 Å². The molecular formula is C40H27N3S. The maximum Gasteiger partial charge on any atom is 0.161 e. The third-order valence-corrected chi connectivity index (χ3v) is 9.85. The van der Waals surface area contributed by atoms with E-state index in [-0.39, 0.29) is 0 Å². The number of benzene rings is 5. The monoisotopic (exact) mass is 581 g/mol. The lowest BCUT2D eigenvalue weighted by atomic mass is 10.0. The Morgan fingerprint density at radius 2 is 1.27 bits per heavy atom. The van der Waals surface area contributed by atoms with Gasteiger partial charge in [-0.15, -0.1) is 11.3 Å². The molecule has 44 heavy (non-hydrogen) atoms. The van der Waals surface area contributed by atoms with Crippen LogP contribution in [0.2, 0.25) is 0 Å². The van der Waals surface area contributed by atoms with E-state index < -0.39 is 0 Å². The van der Waals surface area contributed by atoms with Crippen LogP contribution in [-0.4, -0.2) is 14.5 Å². The number of para-hydroxylation sites is 2. The van der Waals surface area contributed by atoms with Gasteiger partial charge in [0, 0.05) is 47.8 Å². The van der Waals surface area contributed by atoms with Gasteiger partial charge in [0.25, 0.3) is 0 Å². The molecule has 3 heterocycles. The van der Waals surface area contributed by atoms with E-state index in [0.29, 0.717) is 0 Å². The second kappa shape index (κ2) is 10.1. The first-order valence-electron chi connectivity index (χ1n) is 15.1. The molecule has 0 saturated heterocycles. The van der Waals surface area contributed by atoms with Gasteiger partial charge in [0.1, 0.15) is 0 Å². The van der Waals surface area contributed by atoms with E-state index in [9.17, 15) is 0 Å². The summed E-state index contributed by atoms with van der Waals surface area (Å²) in [5, 5.41) is 4.99. The molecule has 4 heteroatoms. The van der Waals surface area contributed by atoms with Crippen molar-refractivity contribution in [2.45, 2.75) is 12.8 Å². The van der Waals surface area contributed by atoms with E-state index in [4.69, 9.17) is 9.97 Å². The Bertz CT molecular complexity index is 2390. The molecule has 0 saturated carbocycles. The van der Waals surface area contributed by atoms with Crippen LogP contribution >= 0.6 is 11.3 Å². The van der Waals surface area contributed by atoms with Crippen LogP contribution in [-0.2, 0) is 0 Å². The van der Waals surface area contributed by atoms with Crippen molar-refractivity contribution in [1.29, 1.82) is 0 Å². The molecule has 5 aromatic carbocycles. The van der Waals surface area contributed by atoms with Gasteiger partial charge in [-0.05, 0) is 54.8 Å². The van der Waals surface area contributed by atoms with Crippen LogP contribution in [0.1, 0.15) is 18.5 Å². The molecule has 0 N–H and O–H groups in total. The van der Waals surface area contributed by atoms with Crippen LogP contribution in [0.15, 0.2) is 140 Å². The minimum absolute atomic E-state index is 0.750. The molecule has 0 aliphatic heterocycles. The van der Waals surface area contributed by atoms with Gasteiger partial charge < -0.3 is 4.57 Å². The largest absolute Gasteiger partial charge is 0.309 e. The van der Waals surface area contributed by atoms with Crippen LogP contribution in [0, 0.1) is 0 Å². The number of aromatic nitrogens is 3. The van der Waals surface area contributed by atoms with Gasteiger partial charge in [0.15, 0.2) is 5.82 Å². The number of thiophene rings is 1. The van der Waals surface area contributed by atoms with E-state index in [1.807, 2.05) is 11.3 Å². The zero-order valence-corrected chi connectivity index (χ0v) is 24.8.